The minimum atomic E-state index is -0.719. The maximum atomic E-state index is 9.63. The van der Waals surface area contributed by atoms with Crippen molar-refractivity contribution >= 4 is 11.6 Å². The number of rotatable bonds is 9. The van der Waals surface area contributed by atoms with Crippen LogP contribution in [0.1, 0.15) is 52.9 Å². The molecule has 0 saturated heterocycles. The summed E-state index contributed by atoms with van der Waals surface area (Å²) in [6, 6.07) is 0.172. The van der Waals surface area contributed by atoms with Crippen LogP contribution in [-0.4, -0.2) is 55.1 Å². The Morgan fingerprint density at radius 2 is 1.67 bits per heavy atom. The third-order valence-corrected chi connectivity index (χ3v) is 5.88. The van der Waals surface area contributed by atoms with E-state index in [0.717, 1.165) is 6.42 Å². The van der Waals surface area contributed by atoms with E-state index in [0.29, 0.717) is 5.88 Å². The summed E-state index contributed by atoms with van der Waals surface area (Å²) >= 11 is 5.89. The summed E-state index contributed by atoms with van der Waals surface area (Å²) in [7, 11) is 3.50. The van der Waals surface area contributed by atoms with Crippen molar-refractivity contribution in [2.45, 2.75) is 64.5 Å². The van der Waals surface area contributed by atoms with Gasteiger partial charge in [-0.1, -0.05) is 19.1 Å². The van der Waals surface area contributed by atoms with Gasteiger partial charge < -0.3 is 20.3 Å². The molecule has 1 aliphatic rings. The highest BCUT2D eigenvalue weighted by Crippen LogP contribution is 2.42. The lowest BCUT2D eigenvalue weighted by atomic mass is 9.65. The third kappa shape index (κ3) is 6.30. The molecule has 0 aliphatic heterocycles. The quantitative estimate of drug-likeness (QED) is 0.434. The lowest BCUT2D eigenvalue weighted by Crippen LogP contribution is -2.59. The van der Waals surface area contributed by atoms with E-state index in [2.05, 4.69) is 24.4 Å². The predicted octanol–water partition coefficient (Wildman–Crippen LogP) is 3.35. The first-order valence-electron chi connectivity index (χ1n) is 9.02. The van der Waals surface area contributed by atoms with Gasteiger partial charge >= 0.3 is 0 Å². The lowest BCUT2D eigenvalue weighted by Gasteiger charge is -2.50. The van der Waals surface area contributed by atoms with Gasteiger partial charge in [-0.3, -0.25) is 0 Å². The fourth-order valence-electron chi connectivity index (χ4n) is 3.29. The van der Waals surface area contributed by atoms with Gasteiger partial charge in [0.2, 0.25) is 0 Å². The highest BCUT2D eigenvalue weighted by atomic mass is 35.5. The van der Waals surface area contributed by atoms with Gasteiger partial charge in [-0.25, -0.2) is 0 Å². The first-order valence-corrected chi connectivity index (χ1v) is 9.55. The van der Waals surface area contributed by atoms with Crippen LogP contribution >= 0.6 is 11.6 Å². The Morgan fingerprint density at radius 3 is 1.92 bits per heavy atom. The highest BCUT2D eigenvalue weighted by Gasteiger charge is 2.50. The van der Waals surface area contributed by atoms with Gasteiger partial charge in [0.25, 0.3) is 0 Å². The topological polar surface area (TPSA) is 61.7 Å². The van der Waals surface area contributed by atoms with Gasteiger partial charge in [0.05, 0.1) is 18.8 Å². The highest BCUT2D eigenvalue weighted by molar-refractivity contribution is 6.17. The Labute approximate surface area is 153 Å². The summed E-state index contributed by atoms with van der Waals surface area (Å²) < 4.78 is 5.70. The molecule has 0 spiro atoms. The van der Waals surface area contributed by atoms with E-state index >= 15 is 0 Å². The standard InChI is InChI=1S/C13H28ClNO3.C6H10/c1-10(15-4)11(6-7-14)13(3,18-5)12(2,8-16)9-17;1-2-4-6-5-3-1/h10-11,15-17H,6-9H2,1-5H3;1-2H,3-6H2/t10?,11-,13-;/m0./s1. The van der Waals surface area contributed by atoms with Gasteiger partial charge in [-0.05, 0) is 53.0 Å². The number of ether oxygens (including phenoxy) is 1. The van der Waals surface area contributed by atoms with E-state index < -0.39 is 11.0 Å². The summed E-state index contributed by atoms with van der Waals surface area (Å²) in [6.07, 6.45) is 10.8. The number of aliphatic hydroxyl groups excluding tert-OH is 2. The number of methoxy groups -OCH3 is 1. The number of allylic oxidation sites excluding steroid dienone is 2. The molecule has 5 heteroatoms. The summed E-state index contributed by atoms with van der Waals surface area (Å²) in [5.74, 6) is 0.608. The minimum absolute atomic E-state index is 0.0919. The van der Waals surface area contributed by atoms with Crippen molar-refractivity contribution in [1.82, 2.24) is 5.32 Å². The second-order valence-corrected chi connectivity index (χ2v) is 7.48. The molecule has 144 valence electrons. The summed E-state index contributed by atoms with van der Waals surface area (Å²) in [5, 5.41) is 22.5. The average molecular weight is 364 g/mol. The Morgan fingerprint density at radius 1 is 1.17 bits per heavy atom. The molecule has 0 aromatic rings. The molecule has 1 rings (SSSR count). The van der Waals surface area contributed by atoms with Crippen LogP contribution in [0.5, 0.6) is 0 Å². The van der Waals surface area contributed by atoms with Gasteiger partial charge in [0.1, 0.15) is 0 Å². The fraction of sp³-hybridized carbons (Fsp3) is 0.895. The van der Waals surface area contributed by atoms with Crippen molar-refractivity contribution in [3.05, 3.63) is 12.2 Å². The maximum absolute atomic E-state index is 9.63. The summed E-state index contributed by atoms with van der Waals surface area (Å²) in [6.45, 7) is 5.56. The van der Waals surface area contributed by atoms with Crippen molar-refractivity contribution < 1.29 is 14.9 Å². The van der Waals surface area contributed by atoms with E-state index in [1.54, 1.807) is 7.11 Å². The van der Waals surface area contributed by atoms with Gasteiger partial charge in [-0.15, -0.1) is 11.6 Å². The molecular weight excluding hydrogens is 326 g/mol. The monoisotopic (exact) mass is 363 g/mol. The Kier molecular flexibility index (Phi) is 12.2. The molecular formula is C19H38ClNO3. The molecule has 3 atom stereocenters. The van der Waals surface area contributed by atoms with E-state index in [-0.39, 0.29) is 25.2 Å². The van der Waals surface area contributed by atoms with Crippen LogP contribution in [-0.2, 0) is 4.74 Å². The SMILES string of the molecule is C1=CCCCC1.CNC(C)[C@H](CCCl)[C@](C)(OC)C(C)(CO)CO. The molecule has 4 nitrogen and oxygen atoms in total. The predicted molar refractivity (Wildman–Crippen MR) is 103 cm³/mol. The molecule has 1 aliphatic carbocycles. The number of hydrogen-bond acceptors (Lipinski definition) is 4. The third-order valence-electron chi connectivity index (χ3n) is 5.67. The average Bonchev–Trinajstić information content (AvgIpc) is 2.65. The summed E-state index contributed by atoms with van der Waals surface area (Å²) in [5.41, 5.74) is -1.38. The van der Waals surface area contributed by atoms with Crippen molar-refractivity contribution in [1.29, 1.82) is 0 Å². The molecule has 0 heterocycles. The van der Waals surface area contributed by atoms with Crippen LogP contribution in [0.3, 0.4) is 0 Å². The molecule has 0 aromatic carbocycles. The number of alkyl halides is 1. The van der Waals surface area contributed by atoms with Crippen LogP contribution in [0.25, 0.3) is 0 Å². The van der Waals surface area contributed by atoms with Crippen LogP contribution in [0.15, 0.2) is 12.2 Å². The van der Waals surface area contributed by atoms with Gasteiger partial charge in [-0.2, -0.15) is 0 Å². The van der Waals surface area contributed by atoms with Crippen LogP contribution in [0.2, 0.25) is 0 Å². The Hall–Kier alpha value is -0.130. The van der Waals surface area contributed by atoms with Gasteiger partial charge in [0, 0.05) is 30.4 Å². The Balaban J connectivity index is 0.000000728. The molecule has 0 amide bonds. The largest absolute Gasteiger partial charge is 0.396 e. The van der Waals surface area contributed by atoms with Crippen molar-refractivity contribution in [3.63, 3.8) is 0 Å². The molecule has 0 radical (unpaired) electrons. The zero-order valence-electron chi connectivity index (χ0n) is 16.1. The molecule has 0 bridgehead atoms. The molecule has 1 unspecified atom stereocenters. The Bertz CT molecular complexity index is 340. The smallest absolute Gasteiger partial charge is 0.0791 e. The van der Waals surface area contributed by atoms with Crippen LogP contribution in [0, 0.1) is 11.3 Å². The number of halogens is 1. The number of aliphatic hydroxyl groups is 2. The minimum Gasteiger partial charge on any atom is -0.396 e. The maximum Gasteiger partial charge on any atom is 0.0791 e. The van der Waals surface area contributed by atoms with E-state index in [9.17, 15) is 10.2 Å². The van der Waals surface area contributed by atoms with Crippen molar-refractivity contribution in [2.24, 2.45) is 11.3 Å². The van der Waals surface area contributed by atoms with E-state index in [1.165, 1.54) is 25.7 Å². The normalized spacial score (nSPS) is 19.8. The zero-order chi connectivity index (χ0) is 18.6. The fourth-order valence-corrected chi connectivity index (χ4v) is 3.53. The molecule has 3 N–H and O–H groups in total. The van der Waals surface area contributed by atoms with Crippen LogP contribution in [0.4, 0.5) is 0 Å². The molecule has 24 heavy (non-hydrogen) atoms. The molecule has 0 saturated carbocycles. The molecule has 0 aromatic heterocycles. The first kappa shape index (κ1) is 23.9. The van der Waals surface area contributed by atoms with E-state index in [1.807, 2.05) is 20.9 Å². The summed E-state index contributed by atoms with van der Waals surface area (Å²) in [4.78, 5) is 0. The number of nitrogens with one attached hydrogen (secondary N) is 1. The lowest BCUT2D eigenvalue weighted by molar-refractivity contribution is -0.170. The second kappa shape index (κ2) is 12.3. The zero-order valence-corrected chi connectivity index (χ0v) is 16.9. The van der Waals surface area contributed by atoms with Crippen molar-refractivity contribution in [3.8, 4) is 0 Å². The molecule has 0 fully saturated rings. The van der Waals surface area contributed by atoms with E-state index in [4.69, 9.17) is 16.3 Å². The first-order chi connectivity index (χ1) is 11.4. The van der Waals surface area contributed by atoms with Crippen molar-refractivity contribution in [2.75, 3.05) is 33.3 Å². The van der Waals surface area contributed by atoms with Crippen LogP contribution < -0.4 is 5.32 Å². The number of hydrogen-bond donors (Lipinski definition) is 3. The second-order valence-electron chi connectivity index (χ2n) is 7.11. The van der Waals surface area contributed by atoms with Gasteiger partial charge in [0.15, 0.2) is 0 Å².